The quantitative estimate of drug-likeness (QED) is 0.710. The molecule has 1 saturated heterocycles. The molecular weight excluding hydrogens is 195 g/mol. The summed E-state index contributed by atoms with van der Waals surface area (Å²) in [5, 5.41) is 0. The monoisotopic (exact) mass is 210 g/mol. The molecule has 2 rings (SSSR count). The predicted octanol–water partition coefficient (Wildman–Crippen LogP) is 1.69. The second-order valence-electron chi connectivity index (χ2n) is 3.90. The first kappa shape index (κ1) is 10.4. The van der Waals surface area contributed by atoms with Crippen molar-refractivity contribution in [2.75, 3.05) is 20.2 Å². The van der Waals surface area contributed by atoms with Gasteiger partial charge in [0, 0.05) is 6.04 Å². The Hall–Kier alpha value is -1.16. The standard InChI is InChI=1S/C11H15FN2O/c1-14-6-2-3-9(14)8-15-10-4-5-11(12)13-7-10/h4-5,7,9H,2-3,6,8H2,1H3/t9-/m0/s1. The number of halogens is 1. The molecule has 0 bridgehead atoms. The number of likely N-dealkylation sites (N-methyl/N-ethyl adjacent to an activating group) is 1. The highest BCUT2D eigenvalue weighted by molar-refractivity contribution is 5.16. The third kappa shape index (κ3) is 2.65. The van der Waals surface area contributed by atoms with Crippen molar-refractivity contribution < 1.29 is 9.13 Å². The summed E-state index contributed by atoms with van der Waals surface area (Å²) in [7, 11) is 2.10. The first-order valence-corrected chi connectivity index (χ1v) is 5.20. The second-order valence-corrected chi connectivity index (χ2v) is 3.90. The summed E-state index contributed by atoms with van der Waals surface area (Å²) >= 11 is 0. The van der Waals surface area contributed by atoms with E-state index in [9.17, 15) is 4.39 Å². The molecule has 0 N–H and O–H groups in total. The minimum atomic E-state index is -0.472. The molecule has 4 heteroatoms. The number of rotatable bonds is 3. The lowest BCUT2D eigenvalue weighted by atomic mass is 10.2. The van der Waals surface area contributed by atoms with Gasteiger partial charge in [-0.2, -0.15) is 4.39 Å². The van der Waals surface area contributed by atoms with Crippen LogP contribution in [-0.4, -0.2) is 36.1 Å². The van der Waals surface area contributed by atoms with Gasteiger partial charge in [0.05, 0.1) is 6.20 Å². The van der Waals surface area contributed by atoms with Gasteiger partial charge >= 0.3 is 0 Å². The maximum atomic E-state index is 12.5. The minimum absolute atomic E-state index is 0.472. The van der Waals surface area contributed by atoms with E-state index in [-0.39, 0.29) is 0 Å². The van der Waals surface area contributed by atoms with Crippen molar-refractivity contribution in [3.05, 3.63) is 24.3 Å². The van der Waals surface area contributed by atoms with Crippen LogP contribution in [-0.2, 0) is 0 Å². The van der Waals surface area contributed by atoms with Crippen LogP contribution in [0.25, 0.3) is 0 Å². The highest BCUT2D eigenvalue weighted by Crippen LogP contribution is 2.16. The van der Waals surface area contributed by atoms with Gasteiger partial charge < -0.3 is 9.64 Å². The summed E-state index contributed by atoms with van der Waals surface area (Å²) < 4.78 is 18.1. The molecule has 2 heterocycles. The van der Waals surface area contributed by atoms with Crippen molar-refractivity contribution in [3.8, 4) is 5.75 Å². The maximum Gasteiger partial charge on any atom is 0.213 e. The molecule has 15 heavy (non-hydrogen) atoms. The van der Waals surface area contributed by atoms with Gasteiger partial charge in [-0.25, -0.2) is 4.98 Å². The smallest absolute Gasteiger partial charge is 0.213 e. The molecule has 3 nitrogen and oxygen atoms in total. The van der Waals surface area contributed by atoms with Crippen LogP contribution in [0.1, 0.15) is 12.8 Å². The van der Waals surface area contributed by atoms with Crippen LogP contribution in [0.4, 0.5) is 4.39 Å². The molecule has 0 radical (unpaired) electrons. The number of hydrogen-bond acceptors (Lipinski definition) is 3. The molecule has 82 valence electrons. The highest BCUT2D eigenvalue weighted by atomic mass is 19.1. The van der Waals surface area contributed by atoms with Crippen molar-refractivity contribution in [2.24, 2.45) is 0 Å². The Labute approximate surface area is 88.9 Å². The van der Waals surface area contributed by atoms with Gasteiger partial charge in [0.1, 0.15) is 12.4 Å². The molecule has 1 aromatic rings. The Morgan fingerprint density at radius 1 is 1.60 bits per heavy atom. The van der Waals surface area contributed by atoms with E-state index < -0.39 is 5.95 Å². The summed E-state index contributed by atoms with van der Waals surface area (Å²) in [6, 6.07) is 3.40. The van der Waals surface area contributed by atoms with Crippen LogP contribution >= 0.6 is 0 Å². The molecule has 1 atom stereocenters. The highest BCUT2D eigenvalue weighted by Gasteiger charge is 2.21. The lowest BCUT2D eigenvalue weighted by molar-refractivity contribution is 0.197. The van der Waals surface area contributed by atoms with Gasteiger partial charge in [0.2, 0.25) is 5.95 Å². The van der Waals surface area contributed by atoms with Gasteiger partial charge in [-0.3, -0.25) is 0 Å². The Morgan fingerprint density at radius 2 is 2.47 bits per heavy atom. The third-order valence-electron chi connectivity index (χ3n) is 2.81. The zero-order valence-electron chi connectivity index (χ0n) is 8.82. The fourth-order valence-electron chi connectivity index (χ4n) is 1.83. The fourth-order valence-corrected chi connectivity index (χ4v) is 1.83. The van der Waals surface area contributed by atoms with E-state index in [4.69, 9.17) is 4.74 Å². The van der Waals surface area contributed by atoms with Gasteiger partial charge in [0.15, 0.2) is 0 Å². The first-order valence-electron chi connectivity index (χ1n) is 5.20. The van der Waals surface area contributed by atoms with Crippen molar-refractivity contribution in [2.45, 2.75) is 18.9 Å². The SMILES string of the molecule is CN1CCC[C@H]1COc1ccc(F)nc1. The molecule has 0 spiro atoms. The zero-order chi connectivity index (χ0) is 10.7. The van der Waals surface area contributed by atoms with Crippen molar-refractivity contribution in [1.82, 2.24) is 9.88 Å². The molecule has 0 amide bonds. The van der Waals surface area contributed by atoms with Crippen LogP contribution in [0.5, 0.6) is 5.75 Å². The van der Waals surface area contributed by atoms with E-state index in [1.54, 1.807) is 6.07 Å². The number of ether oxygens (including phenoxy) is 1. The van der Waals surface area contributed by atoms with Gasteiger partial charge in [-0.05, 0) is 38.6 Å². The number of likely N-dealkylation sites (tertiary alicyclic amines) is 1. The molecule has 0 saturated carbocycles. The van der Waals surface area contributed by atoms with Crippen LogP contribution in [0.2, 0.25) is 0 Å². The molecule has 1 aliphatic heterocycles. The summed E-state index contributed by atoms with van der Waals surface area (Å²) in [6.45, 7) is 1.79. The van der Waals surface area contributed by atoms with E-state index in [1.807, 2.05) is 0 Å². The van der Waals surface area contributed by atoms with Crippen molar-refractivity contribution in [1.29, 1.82) is 0 Å². The Morgan fingerprint density at radius 3 is 3.07 bits per heavy atom. The number of nitrogens with zero attached hydrogens (tertiary/aromatic N) is 2. The largest absolute Gasteiger partial charge is 0.490 e. The normalized spacial score (nSPS) is 21.9. The topological polar surface area (TPSA) is 25.4 Å². The summed E-state index contributed by atoms with van der Waals surface area (Å²) in [5.41, 5.74) is 0. The van der Waals surface area contributed by atoms with E-state index >= 15 is 0 Å². The summed E-state index contributed by atoms with van der Waals surface area (Å²) in [6.07, 6.45) is 3.82. The van der Waals surface area contributed by atoms with Crippen molar-refractivity contribution >= 4 is 0 Å². The Bertz CT molecular complexity index is 315. The summed E-state index contributed by atoms with van der Waals surface area (Å²) in [4.78, 5) is 5.83. The predicted molar refractivity (Wildman–Crippen MR) is 55.3 cm³/mol. The first-order chi connectivity index (χ1) is 7.25. The average molecular weight is 210 g/mol. The molecular formula is C11H15FN2O. The molecule has 1 aliphatic rings. The molecule has 1 fully saturated rings. The van der Waals surface area contributed by atoms with E-state index in [0.29, 0.717) is 18.4 Å². The lowest BCUT2D eigenvalue weighted by Crippen LogP contribution is -2.30. The number of pyridine rings is 1. The van der Waals surface area contributed by atoms with Crippen LogP contribution in [0.15, 0.2) is 18.3 Å². The van der Waals surface area contributed by atoms with Gasteiger partial charge in [-0.1, -0.05) is 0 Å². The van der Waals surface area contributed by atoms with E-state index in [1.165, 1.54) is 25.1 Å². The van der Waals surface area contributed by atoms with Gasteiger partial charge in [0.25, 0.3) is 0 Å². The third-order valence-corrected chi connectivity index (χ3v) is 2.81. The second kappa shape index (κ2) is 4.57. The number of hydrogen-bond donors (Lipinski definition) is 0. The van der Waals surface area contributed by atoms with E-state index in [0.717, 1.165) is 6.54 Å². The summed E-state index contributed by atoms with van der Waals surface area (Å²) in [5.74, 6) is 0.164. The van der Waals surface area contributed by atoms with Crippen LogP contribution in [0.3, 0.4) is 0 Å². The molecule has 1 aromatic heterocycles. The maximum absolute atomic E-state index is 12.5. The molecule has 0 aromatic carbocycles. The van der Waals surface area contributed by atoms with Crippen LogP contribution < -0.4 is 4.74 Å². The van der Waals surface area contributed by atoms with Crippen molar-refractivity contribution in [3.63, 3.8) is 0 Å². The fraction of sp³-hybridized carbons (Fsp3) is 0.545. The zero-order valence-corrected chi connectivity index (χ0v) is 8.82. The Kier molecular flexibility index (Phi) is 3.16. The lowest BCUT2D eigenvalue weighted by Gasteiger charge is -2.19. The van der Waals surface area contributed by atoms with Gasteiger partial charge in [-0.15, -0.1) is 0 Å². The molecule has 0 unspecified atom stereocenters. The average Bonchev–Trinajstić information content (AvgIpc) is 2.63. The van der Waals surface area contributed by atoms with Crippen LogP contribution in [0, 0.1) is 5.95 Å². The Balaban J connectivity index is 1.85. The number of aromatic nitrogens is 1. The minimum Gasteiger partial charge on any atom is -0.490 e. The molecule has 0 aliphatic carbocycles. The van der Waals surface area contributed by atoms with E-state index in [2.05, 4.69) is 16.9 Å².